The minimum absolute atomic E-state index is 0.255. The van der Waals surface area contributed by atoms with Crippen LogP contribution in [0.5, 0.6) is 0 Å². The maximum atomic E-state index is 13.4. The third-order valence-electron chi connectivity index (χ3n) is 5.89. The maximum Gasteiger partial charge on any atom is 0.416 e. The number of rotatable bonds is 4. The van der Waals surface area contributed by atoms with Crippen molar-refractivity contribution in [2.45, 2.75) is 39.4 Å². The van der Waals surface area contributed by atoms with Gasteiger partial charge < -0.3 is 10.6 Å². The van der Waals surface area contributed by atoms with E-state index in [4.69, 9.17) is 0 Å². The first-order valence-electron chi connectivity index (χ1n) is 10.5. The largest absolute Gasteiger partial charge is 0.416 e. The fourth-order valence-electron chi connectivity index (χ4n) is 4.30. The second kappa shape index (κ2) is 8.35. The topological polar surface area (TPSA) is 37.0 Å². The number of hydrogen-bond donors (Lipinski definition) is 2. The van der Waals surface area contributed by atoms with Gasteiger partial charge in [0.2, 0.25) is 0 Å². The molecule has 1 aliphatic rings. The summed E-state index contributed by atoms with van der Waals surface area (Å²) in [6, 6.07) is 12.3. The average Bonchev–Trinajstić information content (AvgIpc) is 2.73. The van der Waals surface area contributed by atoms with E-state index < -0.39 is 11.7 Å². The lowest BCUT2D eigenvalue weighted by atomic mass is 9.96. The van der Waals surface area contributed by atoms with Crippen molar-refractivity contribution < 1.29 is 13.2 Å². The van der Waals surface area contributed by atoms with Crippen LogP contribution in [0.4, 0.5) is 18.9 Å². The number of pyridine rings is 1. The third-order valence-corrected chi connectivity index (χ3v) is 5.89. The van der Waals surface area contributed by atoms with E-state index in [1.807, 2.05) is 26.0 Å². The van der Waals surface area contributed by atoms with Crippen LogP contribution in [0.3, 0.4) is 0 Å². The zero-order valence-electron chi connectivity index (χ0n) is 17.9. The number of aromatic nitrogens is 1. The van der Waals surface area contributed by atoms with Crippen molar-refractivity contribution in [1.82, 2.24) is 10.3 Å². The van der Waals surface area contributed by atoms with E-state index in [0.29, 0.717) is 5.56 Å². The lowest BCUT2D eigenvalue weighted by Crippen LogP contribution is -2.20. The second-order valence-electron chi connectivity index (χ2n) is 8.11. The molecule has 0 spiro atoms. The summed E-state index contributed by atoms with van der Waals surface area (Å²) in [4.78, 5) is 4.65. The minimum atomic E-state index is -4.36. The van der Waals surface area contributed by atoms with Crippen molar-refractivity contribution in [1.29, 1.82) is 0 Å². The fourth-order valence-corrected chi connectivity index (χ4v) is 4.30. The molecule has 3 nitrogen and oxygen atoms in total. The van der Waals surface area contributed by atoms with Crippen LogP contribution in [0.25, 0.3) is 16.5 Å². The number of halogens is 3. The molecule has 31 heavy (non-hydrogen) atoms. The van der Waals surface area contributed by atoms with Crippen LogP contribution >= 0.6 is 0 Å². The molecule has 0 unspecified atom stereocenters. The van der Waals surface area contributed by atoms with Crippen LogP contribution in [-0.2, 0) is 6.18 Å². The molecule has 0 amide bonds. The molecule has 162 valence electrons. The van der Waals surface area contributed by atoms with Gasteiger partial charge in [-0.1, -0.05) is 24.3 Å². The highest BCUT2D eigenvalue weighted by molar-refractivity contribution is 5.94. The Hall–Kier alpha value is -2.86. The highest BCUT2D eigenvalue weighted by atomic mass is 19.4. The molecule has 2 N–H and O–H groups in total. The standard InChI is InChI=1S/C25H26F3N3/c1-15-13-24(31-17(3)20-5-4-6-22(16(20)2)25(26,27)28)21-14-19(7-8-23(21)30-15)18-9-11-29-12-10-18/h4-9,13-14,17,29H,10-12H2,1-3H3,(H,30,31)/t17-/m1/s1. The zero-order chi connectivity index (χ0) is 22.2. The lowest BCUT2D eigenvalue weighted by Gasteiger charge is -2.22. The molecule has 6 heteroatoms. The van der Waals surface area contributed by atoms with Gasteiger partial charge in [0.05, 0.1) is 11.1 Å². The summed E-state index contributed by atoms with van der Waals surface area (Å²) in [6.07, 6.45) is -1.20. The van der Waals surface area contributed by atoms with Gasteiger partial charge in [0.25, 0.3) is 0 Å². The summed E-state index contributed by atoms with van der Waals surface area (Å²) in [5, 5.41) is 7.75. The summed E-state index contributed by atoms with van der Waals surface area (Å²) >= 11 is 0. The summed E-state index contributed by atoms with van der Waals surface area (Å²) in [7, 11) is 0. The molecule has 3 aromatic rings. The molecule has 0 radical (unpaired) electrons. The molecular formula is C25H26F3N3. The maximum absolute atomic E-state index is 13.4. The summed E-state index contributed by atoms with van der Waals surface area (Å²) in [5.74, 6) is 0. The number of fused-ring (bicyclic) bond motifs is 1. The number of alkyl halides is 3. The van der Waals surface area contributed by atoms with Gasteiger partial charge in [-0.2, -0.15) is 13.2 Å². The molecule has 2 aromatic carbocycles. The minimum Gasteiger partial charge on any atom is -0.378 e. The Labute approximate surface area is 180 Å². The first kappa shape index (κ1) is 21.4. The smallest absolute Gasteiger partial charge is 0.378 e. The van der Waals surface area contributed by atoms with E-state index in [1.165, 1.54) is 18.6 Å². The van der Waals surface area contributed by atoms with Gasteiger partial charge in [-0.15, -0.1) is 0 Å². The third kappa shape index (κ3) is 4.44. The Bertz CT molecular complexity index is 1150. The molecule has 0 aliphatic carbocycles. The SMILES string of the molecule is Cc1cc(N[C@H](C)c2cccc(C(F)(F)F)c2C)c2cc(C3=CCNCC3)ccc2n1. The molecule has 0 saturated carbocycles. The Morgan fingerprint density at radius 1 is 1.10 bits per heavy atom. The van der Waals surface area contributed by atoms with Gasteiger partial charge in [0, 0.05) is 29.4 Å². The average molecular weight is 425 g/mol. The molecule has 1 aliphatic heterocycles. The zero-order valence-corrected chi connectivity index (χ0v) is 17.9. The van der Waals surface area contributed by atoms with Crippen LogP contribution in [0.15, 0.2) is 48.5 Å². The van der Waals surface area contributed by atoms with E-state index in [9.17, 15) is 13.2 Å². The molecule has 0 saturated heterocycles. The number of benzene rings is 2. The number of nitrogens with zero attached hydrogens (tertiary/aromatic N) is 1. The van der Waals surface area contributed by atoms with Gasteiger partial charge in [-0.05, 0) is 80.3 Å². The van der Waals surface area contributed by atoms with E-state index in [1.54, 1.807) is 6.07 Å². The Morgan fingerprint density at radius 3 is 2.61 bits per heavy atom. The van der Waals surface area contributed by atoms with E-state index >= 15 is 0 Å². The lowest BCUT2D eigenvalue weighted by molar-refractivity contribution is -0.138. The number of anilines is 1. The highest BCUT2D eigenvalue weighted by Crippen LogP contribution is 2.36. The Kier molecular flexibility index (Phi) is 5.75. The van der Waals surface area contributed by atoms with Crippen molar-refractivity contribution in [2.24, 2.45) is 0 Å². The normalized spacial score (nSPS) is 15.6. The van der Waals surface area contributed by atoms with Gasteiger partial charge in [-0.25, -0.2) is 0 Å². The second-order valence-corrected chi connectivity index (χ2v) is 8.11. The quantitative estimate of drug-likeness (QED) is 0.506. The number of nitrogens with one attached hydrogen (secondary N) is 2. The first-order valence-corrected chi connectivity index (χ1v) is 10.5. The number of aryl methyl sites for hydroxylation is 1. The monoisotopic (exact) mass is 425 g/mol. The Morgan fingerprint density at radius 2 is 1.90 bits per heavy atom. The van der Waals surface area contributed by atoms with Crippen molar-refractivity contribution in [3.63, 3.8) is 0 Å². The predicted molar refractivity (Wildman–Crippen MR) is 120 cm³/mol. The van der Waals surface area contributed by atoms with E-state index in [2.05, 4.69) is 33.8 Å². The van der Waals surface area contributed by atoms with Crippen LogP contribution in [0.1, 0.15) is 47.3 Å². The molecular weight excluding hydrogens is 399 g/mol. The van der Waals surface area contributed by atoms with Crippen LogP contribution in [0, 0.1) is 13.8 Å². The van der Waals surface area contributed by atoms with Crippen LogP contribution < -0.4 is 10.6 Å². The Balaban J connectivity index is 1.73. The van der Waals surface area contributed by atoms with E-state index in [-0.39, 0.29) is 11.6 Å². The molecule has 4 rings (SSSR count). The van der Waals surface area contributed by atoms with Gasteiger partial charge in [0.15, 0.2) is 0 Å². The highest BCUT2D eigenvalue weighted by Gasteiger charge is 2.33. The molecule has 2 heterocycles. The van der Waals surface area contributed by atoms with Crippen molar-refractivity contribution in [2.75, 3.05) is 18.4 Å². The molecule has 1 atom stereocenters. The van der Waals surface area contributed by atoms with Gasteiger partial charge in [0.1, 0.15) is 0 Å². The molecule has 1 aromatic heterocycles. The van der Waals surface area contributed by atoms with Crippen molar-refractivity contribution >= 4 is 22.2 Å². The van der Waals surface area contributed by atoms with Crippen molar-refractivity contribution in [3.8, 4) is 0 Å². The summed E-state index contributed by atoms with van der Waals surface area (Å²) < 4.78 is 40.1. The predicted octanol–water partition coefficient (Wildman–Crippen LogP) is 6.42. The first-order chi connectivity index (χ1) is 14.7. The van der Waals surface area contributed by atoms with Crippen LogP contribution in [0.2, 0.25) is 0 Å². The van der Waals surface area contributed by atoms with Gasteiger partial charge in [-0.3, -0.25) is 4.98 Å². The fraction of sp³-hybridized carbons (Fsp3) is 0.320. The van der Waals surface area contributed by atoms with E-state index in [0.717, 1.165) is 53.4 Å². The van der Waals surface area contributed by atoms with Crippen LogP contribution in [-0.4, -0.2) is 18.1 Å². The summed E-state index contributed by atoms with van der Waals surface area (Å²) in [6.45, 7) is 7.16. The molecule has 0 bridgehead atoms. The molecule has 0 fully saturated rings. The number of hydrogen-bond acceptors (Lipinski definition) is 3. The summed E-state index contributed by atoms with van der Waals surface area (Å²) in [5.41, 5.74) is 5.36. The van der Waals surface area contributed by atoms with Gasteiger partial charge >= 0.3 is 6.18 Å². The van der Waals surface area contributed by atoms with Crippen molar-refractivity contribution in [3.05, 3.63) is 76.5 Å².